The van der Waals surface area contributed by atoms with E-state index in [1.54, 1.807) is 0 Å². The first kappa shape index (κ1) is 18.2. The molecule has 0 aromatic heterocycles. The van der Waals surface area contributed by atoms with Gasteiger partial charge in [0.05, 0.1) is 20.8 Å². The van der Waals surface area contributed by atoms with Crippen molar-refractivity contribution in [3.8, 4) is 11.5 Å². The fourth-order valence-electron chi connectivity index (χ4n) is 1.61. The van der Waals surface area contributed by atoms with Crippen LogP contribution in [0.25, 0.3) is 0 Å². The molecule has 9 heteroatoms. The second kappa shape index (κ2) is 7.95. The van der Waals surface area contributed by atoms with E-state index in [2.05, 4.69) is 5.32 Å². The number of carbonyl (C=O) groups is 1. The number of benzene rings is 1. The van der Waals surface area contributed by atoms with Crippen LogP contribution in [0, 0.1) is 5.82 Å². The van der Waals surface area contributed by atoms with E-state index in [1.807, 2.05) is 11.6 Å². The molecule has 0 spiro atoms. The molecule has 1 aromatic rings. The molecule has 0 aliphatic carbocycles. The van der Waals surface area contributed by atoms with Gasteiger partial charge >= 0.3 is 0 Å². The van der Waals surface area contributed by atoms with Crippen LogP contribution in [0.4, 0.5) is 4.39 Å². The number of sulfonamides is 1. The third kappa shape index (κ3) is 4.57. The lowest BCUT2D eigenvalue weighted by Crippen LogP contribution is -2.37. The first-order valence-corrected chi connectivity index (χ1v) is 8.02. The topological polar surface area (TPSA) is 93.7 Å². The molecular weight excluding hydrogens is 315 g/mol. The summed E-state index contributed by atoms with van der Waals surface area (Å²) in [5, 5.41) is 2.51. The van der Waals surface area contributed by atoms with E-state index in [4.69, 9.17) is 9.47 Å². The molecule has 0 heterocycles. The van der Waals surface area contributed by atoms with Gasteiger partial charge in [0.15, 0.2) is 11.5 Å². The Balaban J connectivity index is 2.95. The number of carbonyl (C=O) groups excluding carboxylic acids is 1. The van der Waals surface area contributed by atoms with Crippen molar-refractivity contribution in [1.82, 2.24) is 10.0 Å². The van der Waals surface area contributed by atoms with Gasteiger partial charge in [0.25, 0.3) is 0 Å². The zero-order chi connectivity index (χ0) is 16.8. The standard InChI is InChI=1S/C13H19FN2O5S/c1-4-5-15-13(17)8-16-22(18,19)12-7-11(21-3)10(20-2)6-9(12)14/h6-7,16H,4-5,8H2,1-3H3,(H,15,17). The van der Waals surface area contributed by atoms with Crippen LogP contribution in [0.3, 0.4) is 0 Å². The average Bonchev–Trinajstić information content (AvgIpc) is 2.50. The number of rotatable bonds is 8. The SMILES string of the molecule is CCCNC(=O)CNS(=O)(=O)c1cc(OC)c(OC)cc1F. The van der Waals surface area contributed by atoms with Gasteiger partial charge in [-0.05, 0) is 6.42 Å². The van der Waals surface area contributed by atoms with Crippen molar-refractivity contribution >= 4 is 15.9 Å². The maximum atomic E-state index is 13.9. The van der Waals surface area contributed by atoms with Gasteiger partial charge in [-0.15, -0.1) is 0 Å². The number of hydrogen-bond acceptors (Lipinski definition) is 5. The third-order valence-electron chi connectivity index (χ3n) is 2.72. The molecule has 0 bridgehead atoms. The smallest absolute Gasteiger partial charge is 0.244 e. The van der Waals surface area contributed by atoms with Gasteiger partial charge in [-0.25, -0.2) is 17.5 Å². The summed E-state index contributed by atoms with van der Waals surface area (Å²) >= 11 is 0. The Morgan fingerprint density at radius 3 is 2.36 bits per heavy atom. The molecule has 0 unspecified atom stereocenters. The van der Waals surface area contributed by atoms with Crippen LogP contribution < -0.4 is 19.5 Å². The van der Waals surface area contributed by atoms with Gasteiger partial charge < -0.3 is 14.8 Å². The lowest BCUT2D eigenvalue weighted by Gasteiger charge is -2.12. The van der Waals surface area contributed by atoms with Crippen LogP contribution >= 0.6 is 0 Å². The Bertz CT molecular complexity index is 634. The summed E-state index contributed by atoms with van der Waals surface area (Å²) in [6, 6.07) is 1.91. The number of halogens is 1. The molecule has 0 aliphatic rings. The summed E-state index contributed by atoms with van der Waals surface area (Å²) < 4.78 is 49.9. The van der Waals surface area contributed by atoms with Crippen molar-refractivity contribution in [2.75, 3.05) is 27.3 Å². The number of hydrogen-bond donors (Lipinski definition) is 2. The number of amides is 1. The molecule has 0 aliphatic heterocycles. The number of nitrogens with one attached hydrogen (secondary N) is 2. The fraction of sp³-hybridized carbons (Fsp3) is 0.462. The zero-order valence-electron chi connectivity index (χ0n) is 12.6. The molecule has 0 fully saturated rings. The van der Waals surface area contributed by atoms with Crippen molar-refractivity contribution in [2.45, 2.75) is 18.2 Å². The summed E-state index contributed by atoms with van der Waals surface area (Å²) in [6.45, 7) is 1.82. The highest BCUT2D eigenvalue weighted by Gasteiger charge is 2.23. The van der Waals surface area contributed by atoms with E-state index in [9.17, 15) is 17.6 Å². The van der Waals surface area contributed by atoms with Crippen LogP contribution in [0.1, 0.15) is 13.3 Å². The predicted molar refractivity (Wildman–Crippen MR) is 78.0 cm³/mol. The molecule has 22 heavy (non-hydrogen) atoms. The lowest BCUT2D eigenvalue weighted by atomic mass is 10.3. The van der Waals surface area contributed by atoms with Crippen molar-refractivity contribution in [3.63, 3.8) is 0 Å². The van der Waals surface area contributed by atoms with E-state index in [1.165, 1.54) is 14.2 Å². The highest BCUT2D eigenvalue weighted by molar-refractivity contribution is 7.89. The molecule has 0 saturated heterocycles. The minimum Gasteiger partial charge on any atom is -0.493 e. The third-order valence-corrected chi connectivity index (χ3v) is 4.14. The minimum absolute atomic E-state index is 0.0691. The van der Waals surface area contributed by atoms with Crippen molar-refractivity contribution in [3.05, 3.63) is 17.9 Å². The van der Waals surface area contributed by atoms with Gasteiger partial charge in [0.1, 0.15) is 10.7 Å². The van der Waals surface area contributed by atoms with E-state index >= 15 is 0 Å². The Kier molecular flexibility index (Phi) is 6.57. The van der Waals surface area contributed by atoms with Gasteiger partial charge in [0, 0.05) is 18.7 Å². The normalized spacial score (nSPS) is 11.1. The second-order valence-corrected chi connectivity index (χ2v) is 6.05. The van der Waals surface area contributed by atoms with Crippen molar-refractivity contribution < 1.29 is 27.1 Å². The summed E-state index contributed by atoms with van der Waals surface area (Å²) in [4.78, 5) is 10.8. The van der Waals surface area contributed by atoms with Crippen LogP contribution in [-0.2, 0) is 14.8 Å². The van der Waals surface area contributed by atoms with E-state index in [0.717, 1.165) is 18.6 Å². The Hall–Kier alpha value is -1.87. The van der Waals surface area contributed by atoms with Gasteiger partial charge in [-0.3, -0.25) is 4.79 Å². The average molecular weight is 334 g/mol. The maximum absolute atomic E-state index is 13.9. The molecular formula is C13H19FN2O5S. The molecule has 2 N–H and O–H groups in total. The van der Waals surface area contributed by atoms with Crippen LogP contribution in [-0.4, -0.2) is 41.6 Å². The van der Waals surface area contributed by atoms with Crippen molar-refractivity contribution in [1.29, 1.82) is 0 Å². The zero-order valence-corrected chi connectivity index (χ0v) is 13.4. The summed E-state index contributed by atoms with van der Waals surface area (Å²) in [5.74, 6) is -1.36. The summed E-state index contributed by atoms with van der Waals surface area (Å²) in [5.41, 5.74) is 0. The quantitative estimate of drug-likeness (QED) is 0.728. The van der Waals surface area contributed by atoms with Gasteiger partial charge in [0.2, 0.25) is 15.9 Å². The van der Waals surface area contributed by atoms with E-state index < -0.39 is 33.2 Å². The minimum atomic E-state index is -4.19. The van der Waals surface area contributed by atoms with Gasteiger partial charge in [-0.1, -0.05) is 6.92 Å². The first-order chi connectivity index (χ1) is 10.4. The molecule has 1 aromatic carbocycles. The largest absolute Gasteiger partial charge is 0.493 e. The van der Waals surface area contributed by atoms with Crippen LogP contribution in [0.15, 0.2) is 17.0 Å². The highest BCUT2D eigenvalue weighted by atomic mass is 32.2. The monoisotopic (exact) mass is 334 g/mol. The Morgan fingerprint density at radius 1 is 1.23 bits per heavy atom. The van der Waals surface area contributed by atoms with Gasteiger partial charge in [-0.2, -0.15) is 0 Å². The Labute approximate surface area is 128 Å². The first-order valence-electron chi connectivity index (χ1n) is 6.53. The number of methoxy groups -OCH3 is 2. The molecule has 124 valence electrons. The number of ether oxygens (including phenoxy) is 2. The highest BCUT2D eigenvalue weighted by Crippen LogP contribution is 2.31. The fourth-order valence-corrected chi connectivity index (χ4v) is 2.66. The van der Waals surface area contributed by atoms with E-state index in [-0.39, 0.29) is 11.5 Å². The molecule has 0 atom stereocenters. The summed E-state index contributed by atoms with van der Waals surface area (Å²) in [6.07, 6.45) is 0.725. The maximum Gasteiger partial charge on any atom is 0.244 e. The Morgan fingerprint density at radius 2 is 1.82 bits per heavy atom. The lowest BCUT2D eigenvalue weighted by molar-refractivity contribution is -0.119. The summed E-state index contributed by atoms with van der Waals surface area (Å²) in [7, 11) is -1.58. The molecule has 1 rings (SSSR count). The molecule has 7 nitrogen and oxygen atoms in total. The predicted octanol–water partition coefficient (Wildman–Crippen LogP) is 0.647. The van der Waals surface area contributed by atoms with Crippen LogP contribution in [0.2, 0.25) is 0 Å². The second-order valence-electron chi connectivity index (χ2n) is 4.31. The molecule has 0 saturated carbocycles. The van der Waals surface area contributed by atoms with Crippen molar-refractivity contribution in [2.24, 2.45) is 0 Å². The van der Waals surface area contributed by atoms with Crippen LogP contribution in [0.5, 0.6) is 11.5 Å². The molecule has 0 radical (unpaired) electrons. The van der Waals surface area contributed by atoms with E-state index in [0.29, 0.717) is 6.54 Å². The molecule has 1 amide bonds.